The molecule has 1 aliphatic carbocycles. The number of nitrogen functional groups attached to an aromatic ring is 1. The van der Waals surface area contributed by atoms with Crippen LogP contribution in [0, 0.1) is 0 Å². The van der Waals surface area contributed by atoms with E-state index < -0.39 is 0 Å². The van der Waals surface area contributed by atoms with Crippen LogP contribution in [0.5, 0.6) is 0 Å². The largest absolute Gasteiger partial charge is 0.445 e. The summed E-state index contributed by atoms with van der Waals surface area (Å²) in [5.41, 5.74) is 3.64. The van der Waals surface area contributed by atoms with E-state index in [1.54, 1.807) is 0 Å². The summed E-state index contributed by atoms with van der Waals surface area (Å²) in [6.45, 7) is 0. The number of furan rings is 1. The van der Waals surface area contributed by atoms with Crippen LogP contribution in [-0.2, 0) is 0 Å². The third kappa shape index (κ3) is 2.75. The summed E-state index contributed by atoms with van der Waals surface area (Å²) in [5.74, 6) is 7.77. The zero-order valence-corrected chi connectivity index (χ0v) is 13.9. The maximum atomic E-state index is 5.59. The number of rotatable bonds is 3. The normalized spacial score (nSPS) is 15.8. The van der Waals surface area contributed by atoms with Crippen LogP contribution in [0.2, 0.25) is 0 Å². The quantitative estimate of drug-likeness (QED) is 0.595. The lowest BCUT2D eigenvalue weighted by atomic mass is 10.0. The highest BCUT2D eigenvalue weighted by Crippen LogP contribution is 2.36. The van der Waals surface area contributed by atoms with Crippen LogP contribution in [0.15, 0.2) is 25.7 Å². The van der Waals surface area contributed by atoms with Crippen LogP contribution in [0.1, 0.15) is 37.3 Å². The molecule has 3 N–H and O–H groups in total. The van der Waals surface area contributed by atoms with Gasteiger partial charge in [-0.15, -0.1) is 0 Å². The predicted molar refractivity (Wildman–Crippen MR) is 84.2 cm³/mol. The molecule has 0 amide bonds. The van der Waals surface area contributed by atoms with E-state index in [0.717, 1.165) is 10.2 Å². The van der Waals surface area contributed by atoms with Crippen molar-refractivity contribution in [1.29, 1.82) is 0 Å². The Morgan fingerprint density at radius 1 is 1.20 bits per heavy atom. The first kappa shape index (κ1) is 14.0. The minimum Gasteiger partial charge on any atom is -0.445 e. The van der Waals surface area contributed by atoms with Crippen molar-refractivity contribution < 1.29 is 4.42 Å². The lowest BCUT2D eigenvalue weighted by Crippen LogP contribution is -2.11. The summed E-state index contributed by atoms with van der Waals surface area (Å²) in [7, 11) is 0. The predicted octanol–water partition coefficient (Wildman–Crippen LogP) is 4.20. The molecule has 0 aliphatic heterocycles. The summed E-state index contributed by atoms with van der Waals surface area (Å²) in [6, 6.07) is 3.77. The van der Waals surface area contributed by atoms with E-state index >= 15 is 0 Å². The number of hydrazine groups is 1. The van der Waals surface area contributed by atoms with Gasteiger partial charge in [0.25, 0.3) is 0 Å². The Morgan fingerprint density at radius 3 is 2.55 bits per heavy atom. The van der Waals surface area contributed by atoms with Gasteiger partial charge in [0.2, 0.25) is 0 Å². The Hall–Kier alpha value is -0.920. The van der Waals surface area contributed by atoms with E-state index in [1.807, 2.05) is 12.1 Å². The van der Waals surface area contributed by atoms with E-state index in [9.17, 15) is 0 Å². The van der Waals surface area contributed by atoms with Gasteiger partial charge in [-0.2, -0.15) is 0 Å². The standard InChI is InChI=1S/C13H14Br2N4O/c14-8-5-10(20-12(8)15)13-17-9(6-11(18-13)19-16)7-3-1-2-4-7/h5-7H,1-4,16H2,(H,17,18,19). The van der Waals surface area contributed by atoms with Gasteiger partial charge in [-0.1, -0.05) is 12.8 Å². The van der Waals surface area contributed by atoms with Gasteiger partial charge in [0.15, 0.2) is 16.3 Å². The smallest absolute Gasteiger partial charge is 0.198 e. The molecule has 0 aromatic carbocycles. The summed E-state index contributed by atoms with van der Waals surface area (Å²) < 4.78 is 7.06. The number of hydrogen-bond acceptors (Lipinski definition) is 5. The minimum atomic E-state index is 0.491. The van der Waals surface area contributed by atoms with Gasteiger partial charge >= 0.3 is 0 Å². The minimum absolute atomic E-state index is 0.491. The first-order valence-corrected chi connectivity index (χ1v) is 8.07. The Balaban J connectivity index is 2.03. The molecule has 0 spiro atoms. The molecule has 0 unspecified atom stereocenters. The van der Waals surface area contributed by atoms with E-state index in [-0.39, 0.29) is 0 Å². The highest BCUT2D eigenvalue weighted by molar-refractivity contribution is 9.13. The summed E-state index contributed by atoms with van der Waals surface area (Å²) >= 11 is 6.72. The summed E-state index contributed by atoms with van der Waals surface area (Å²) in [5, 5.41) is 0. The third-order valence-corrected chi connectivity index (χ3v) is 5.24. The summed E-state index contributed by atoms with van der Waals surface area (Å²) in [4.78, 5) is 9.01. The molecule has 3 rings (SSSR count). The molecule has 1 aliphatic rings. The van der Waals surface area contributed by atoms with Crippen molar-refractivity contribution in [3.05, 3.63) is 27.0 Å². The second-order valence-electron chi connectivity index (χ2n) is 4.86. The lowest BCUT2D eigenvalue weighted by Gasteiger charge is -2.11. The van der Waals surface area contributed by atoms with Crippen molar-refractivity contribution in [3.63, 3.8) is 0 Å². The van der Waals surface area contributed by atoms with Crippen LogP contribution < -0.4 is 11.3 Å². The molecule has 2 heterocycles. The molecule has 2 aromatic heterocycles. The number of anilines is 1. The fraction of sp³-hybridized carbons (Fsp3) is 0.385. The SMILES string of the molecule is NNc1cc(C2CCCC2)nc(-c2cc(Br)c(Br)o2)n1. The molecule has 0 atom stereocenters. The monoisotopic (exact) mass is 400 g/mol. The summed E-state index contributed by atoms with van der Waals surface area (Å²) in [6.07, 6.45) is 4.86. The molecule has 1 saturated carbocycles. The average molecular weight is 402 g/mol. The molecule has 0 bridgehead atoms. The van der Waals surface area contributed by atoms with Gasteiger partial charge in [0.05, 0.1) is 4.47 Å². The molecule has 106 valence electrons. The maximum absolute atomic E-state index is 5.59. The number of nitrogens with one attached hydrogen (secondary N) is 1. The zero-order valence-electron chi connectivity index (χ0n) is 10.7. The Bertz CT molecular complexity index is 603. The van der Waals surface area contributed by atoms with E-state index in [1.165, 1.54) is 25.7 Å². The molecule has 0 saturated heterocycles. The second kappa shape index (κ2) is 5.83. The second-order valence-corrected chi connectivity index (χ2v) is 6.43. The van der Waals surface area contributed by atoms with Crippen molar-refractivity contribution in [1.82, 2.24) is 9.97 Å². The molecule has 1 fully saturated rings. The highest BCUT2D eigenvalue weighted by atomic mass is 79.9. The fourth-order valence-corrected chi connectivity index (χ4v) is 3.12. The van der Waals surface area contributed by atoms with Gasteiger partial charge in [-0.25, -0.2) is 15.8 Å². The number of hydrogen-bond donors (Lipinski definition) is 2. The van der Waals surface area contributed by atoms with Crippen molar-refractivity contribution in [2.24, 2.45) is 5.84 Å². The van der Waals surface area contributed by atoms with Gasteiger partial charge in [0, 0.05) is 23.7 Å². The van der Waals surface area contributed by atoms with Crippen LogP contribution in [0.25, 0.3) is 11.6 Å². The van der Waals surface area contributed by atoms with Crippen molar-refractivity contribution >= 4 is 37.7 Å². The van der Waals surface area contributed by atoms with Crippen molar-refractivity contribution in [3.8, 4) is 11.6 Å². The average Bonchev–Trinajstić information content (AvgIpc) is 3.09. The van der Waals surface area contributed by atoms with Crippen LogP contribution in [0.3, 0.4) is 0 Å². The van der Waals surface area contributed by atoms with Crippen LogP contribution in [0.4, 0.5) is 5.82 Å². The maximum Gasteiger partial charge on any atom is 0.198 e. The number of aromatic nitrogens is 2. The van der Waals surface area contributed by atoms with E-state index in [4.69, 9.17) is 10.3 Å². The number of halogens is 2. The first-order chi connectivity index (χ1) is 9.67. The highest BCUT2D eigenvalue weighted by Gasteiger charge is 2.21. The van der Waals surface area contributed by atoms with Crippen molar-refractivity contribution in [2.45, 2.75) is 31.6 Å². The lowest BCUT2D eigenvalue weighted by molar-refractivity contribution is 0.548. The van der Waals surface area contributed by atoms with Crippen molar-refractivity contribution in [2.75, 3.05) is 5.43 Å². The molecule has 7 heteroatoms. The van der Waals surface area contributed by atoms with Crippen LogP contribution in [-0.4, -0.2) is 9.97 Å². The topological polar surface area (TPSA) is 77.0 Å². The Kier molecular flexibility index (Phi) is 4.09. The van der Waals surface area contributed by atoms with Gasteiger partial charge < -0.3 is 9.84 Å². The molecular formula is C13H14Br2N4O. The zero-order chi connectivity index (χ0) is 14.1. The van der Waals surface area contributed by atoms with E-state index in [2.05, 4.69) is 47.3 Å². The van der Waals surface area contributed by atoms with Gasteiger partial charge in [-0.3, -0.25) is 0 Å². The molecule has 2 aromatic rings. The molecule has 0 radical (unpaired) electrons. The van der Waals surface area contributed by atoms with Gasteiger partial charge in [0.1, 0.15) is 5.82 Å². The number of nitrogens with two attached hydrogens (primary N) is 1. The van der Waals surface area contributed by atoms with Crippen LogP contribution >= 0.6 is 31.9 Å². The Labute approximate surface area is 133 Å². The first-order valence-electron chi connectivity index (χ1n) is 6.48. The third-order valence-electron chi connectivity index (χ3n) is 3.53. The molecule has 20 heavy (non-hydrogen) atoms. The fourth-order valence-electron chi connectivity index (χ4n) is 2.54. The van der Waals surface area contributed by atoms with E-state index in [0.29, 0.717) is 28.0 Å². The Morgan fingerprint density at radius 2 is 1.95 bits per heavy atom. The number of nitrogens with zero attached hydrogens (tertiary/aromatic N) is 2. The molecule has 5 nitrogen and oxygen atoms in total. The van der Waals surface area contributed by atoms with Gasteiger partial charge in [-0.05, 0) is 44.7 Å². The molecular weight excluding hydrogens is 388 g/mol.